The van der Waals surface area contributed by atoms with Crippen molar-refractivity contribution in [3.8, 4) is 0 Å². The number of carbonyl (C=O) groups excluding carboxylic acids is 2. The van der Waals surface area contributed by atoms with Crippen LogP contribution in [0.3, 0.4) is 0 Å². The molecule has 2 aromatic rings. The van der Waals surface area contributed by atoms with E-state index in [0.29, 0.717) is 6.42 Å². The molecule has 2 atom stereocenters. The first-order chi connectivity index (χ1) is 10.7. The van der Waals surface area contributed by atoms with E-state index in [0.717, 1.165) is 11.1 Å². The molecule has 3 rings (SSSR count). The van der Waals surface area contributed by atoms with E-state index in [-0.39, 0.29) is 18.0 Å². The molecule has 0 unspecified atom stereocenters. The van der Waals surface area contributed by atoms with Crippen molar-refractivity contribution < 1.29 is 9.59 Å². The lowest BCUT2D eigenvalue weighted by molar-refractivity contribution is -0.121. The molecular weight excluding hydrogens is 276 g/mol. The third kappa shape index (κ3) is 2.72. The highest BCUT2D eigenvalue weighted by Crippen LogP contribution is 2.28. The number of imide groups is 1. The lowest BCUT2D eigenvalue weighted by Crippen LogP contribution is -2.39. The first-order valence-corrected chi connectivity index (χ1v) is 7.39. The molecule has 0 saturated carbocycles. The van der Waals surface area contributed by atoms with Crippen LogP contribution in [0.2, 0.25) is 0 Å². The lowest BCUT2D eigenvalue weighted by Gasteiger charge is -2.28. The van der Waals surface area contributed by atoms with Crippen LogP contribution in [-0.4, -0.2) is 22.9 Å². The van der Waals surface area contributed by atoms with Crippen molar-refractivity contribution in [2.75, 3.05) is 0 Å². The number of benzene rings is 2. The summed E-state index contributed by atoms with van der Waals surface area (Å²) in [6, 6.07) is 18.5. The molecule has 22 heavy (non-hydrogen) atoms. The second kappa shape index (κ2) is 6.02. The van der Waals surface area contributed by atoms with E-state index < -0.39 is 6.04 Å². The molecule has 4 heteroatoms. The van der Waals surface area contributed by atoms with Crippen molar-refractivity contribution in [2.24, 2.45) is 0 Å². The van der Waals surface area contributed by atoms with Gasteiger partial charge in [0.2, 0.25) is 0 Å². The van der Waals surface area contributed by atoms with Crippen molar-refractivity contribution in [3.63, 3.8) is 0 Å². The van der Waals surface area contributed by atoms with Gasteiger partial charge in [-0.05, 0) is 24.5 Å². The lowest BCUT2D eigenvalue weighted by atomic mass is 10.0. The second-order valence-electron chi connectivity index (χ2n) is 5.55. The largest absolute Gasteiger partial charge is 0.325 e. The van der Waals surface area contributed by atoms with Crippen LogP contribution in [0, 0.1) is 0 Å². The maximum atomic E-state index is 12.2. The SMILES string of the molecule is C[C@@H](Cc1ccccc1)N1C(=O)NC(=O)[C@H]1c1ccccc1. The fraction of sp³-hybridized carbons (Fsp3) is 0.222. The van der Waals surface area contributed by atoms with Crippen LogP contribution in [0.15, 0.2) is 60.7 Å². The fourth-order valence-electron chi connectivity index (χ4n) is 2.94. The summed E-state index contributed by atoms with van der Waals surface area (Å²) in [4.78, 5) is 26.0. The van der Waals surface area contributed by atoms with Gasteiger partial charge in [0.1, 0.15) is 6.04 Å². The van der Waals surface area contributed by atoms with Gasteiger partial charge in [-0.1, -0.05) is 60.7 Å². The van der Waals surface area contributed by atoms with Gasteiger partial charge in [0.05, 0.1) is 0 Å². The van der Waals surface area contributed by atoms with E-state index in [1.54, 1.807) is 4.90 Å². The van der Waals surface area contributed by atoms with Crippen molar-refractivity contribution in [1.29, 1.82) is 0 Å². The Morgan fingerprint density at radius 3 is 2.23 bits per heavy atom. The number of amides is 3. The molecule has 2 aromatic carbocycles. The molecule has 0 aromatic heterocycles. The Labute approximate surface area is 129 Å². The van der Waals surface area contributed by atoms with Gasteiger partial charge < -0.3 is 4.90 Å². The summed E-state index contributed by atoms with van der Waals surface area (Å²) in [7, 11) is 0. The maximum Gasteiger partial charge on any atom is 0.325 e. The van der Waals surface area contributed by atoms with Gasteiger partial charge in [-0.25, -0.2) is 4.79 Å². The van der Waals surface area contributed by atoms with Crippen LogP contribution in [-0.2, 0) is 11.2 Å². The highest BCUT2D eigenvalue weighted by Gasteiger charge is 2.41. The van der Waals surface area contributed by atoms with Crippen LogP contribution in [0.4, 0.5) is 4.79 Å². The summed E-state index contributed by atoms with van der Waals surface area (Å²) >= 11 is 0. The van der Waals surface area contributed by atoms with Gasteiger partial charge in [-0.2, -0.15) is 0 Å². The maximum absolute atomic E-state index is 12.2. The molecule has 0 bridgehead atoms. The first-order valence-electron chi connectivity index (χ1n) is 7.39. The van der Waals surface area contributed by atoms with E-state index in [9.17, 15) is 9.59 Å². The zero-order valence-corrected chi connectivity index (χ0v) is 12.4. The monoisotopic (exact) mass is 294 g/mol. The molecule has 1 aliphatic rings. The van der Waals surface area contributed by atoms with Crippen molar-refractivity contribution >= 4 is 11.9 Å². The third-order valence-corrected chi connectivity index (χ3v) is 3.96. The van der Waals surface area contributed by atoms with Gasteiger partial charge in [0.15, 0.2) is 0 Å². The number of nitrogens with one attached hydrogen (secondary N) is 1. The summed E-state index contributed by atoms with van der Waals surface area (Å²) in [6.07, 6.45) is 0.713. The predicted octanol–water partition coefficient (Wildman–Crippen LogP) is 2.91. The van der Waals surface area contributed by atoms with E-state index in [1.165, 1.54) is 0 Å². The van der Waals surface area contributed by atoms with Crippen LogP contribution in [0.5, 0.6) is 0 Å². The fourth-order valence-corrected chi connectivity index (χ4v) is 2.94. The molecule has 1 aliphatic heterocycles. The standard InChI is InChI=1S/C18H18N2O2/c1-13(12-14-8-4-2-5-9-14)20-16(17(21)19-18(20)22)15-10-6-3-7-11-15/h2-11,13,16H,12H2,1H3,(H,19,21,22)/t13-,16+/m0/s1. The Morgan fingerprint density at radius 1 is 1.00 bits per heavy atom. The minimum atomic E-state index is -0.549. The molecule has 1 saturated heterocycles. The minimum absolute atomic E-state index is 0.0703. The van der Waals surface area contributed by atoms with Gasteiger partial charge in [0, 0.05) is 6.04 Å². The third-order valence-electron chi connectivity index (χ3n) is 3.96. The summed E-state index contributed by atoms with van der Waals surface area (Å²) < 4.78 is 0. The Hall–Kier alpha value is -2.62. The molecule has 0 aliphatic carbocycles. The van der Waals surface area contributed by atoms with Crippen LogP contribution in [0.1, 0.15) is 24.1 Å². The zero-order chi connectivity index (χ0) is 15.5. The van der Waals surface area contributed by atoms with E-state index in [4.69, 9.17) is 0 Å². The number of urea groups is 1. The van der Waals surface area contributed by atoms with Gasteiger partial charge >= 0.3 is 6.03 Å². The molecule has 0 radical (unpaired) electrons. The Bertz CT molecular complexity index is 670. The normalized spacial score (nSPS) is 19.1. The van der Waals surface area contributed by atoms with Crippen molar-refractivity contribution in [3.05, 3.63) is 71.8 Å². The van der Waals surface area contributed by atoms with Crippen molar-refractivity contribution in [1.82, 2.24) is 10.2 Å². The van der Waals surface area contributed by atoms with E-state index >= 15 is 0 Å². The molecule has 3 amide bonds. The smallest absolute Gasteiger partial charge is 0.305 e. The topological polar surface area (TPSA) is 49.4 Å². The van der Waals surface area contributed by atoms with E-state index in [1.807, 2.05) is 67.6 Å². The molecule has 1 heterocycles. The Kier molecular flexibility index (Phi) is 3.92. The number of rotatable bonds is 4. The van der Waals surface area contributed by atoms with Gasteiger partial charge in [-0.15, -0.1) is 0 Å². The quantitative estimate of drug-likeness (QED) is 0.881. The highest BCUT2D eigenvalue weighted by atomic mass is 16.2. The summed E-state index contributed by atoms with van der Waals surface area (Å²) in [5.41, 5.74) is 1.99. The molecule has 0 spiro atoms. The Morgan fingerprint density at radius 2 is 1.59 bits per heavy atom. The molecule has 1 N–H and O–H groups in total. The van der Waals surface area contributed by atoms with Gasteiger partial charge in [0.25, 0.3) is 5.91 Å². The predicted molar refractivity (Wildman–Crippen MR) is 84.2 cm³/mol. The van der Waals surface area contributed by atoms with Crippen LogP contribution < -0.4 is 5.32 Å². The molecule has 1 fully saturated rings. The number of hydrogen-bond donors (Lipinski definition) is 1. The van der Waals surface area contributed by atoms with E-state index in [2.05, 4.69) is 5.32 Å². The average molecular weight is 294 g/mol. The summed E-state index contributed by atoms with van der Waals surface area (Å²) in [5.74, 6) is -0.254. The second-order valence-corrected chi connectivity index (χ2v) is 5.55. The number of carbonyl (C=O) groups is 2. The minimum Gasteiger partial charge on any atom is -0.305 e. The van der Waals surface area contributed by atoms with Crippen LogP contribution >= 0.6 is 0 Å². The molecular formula is C18H18N2O2. The molecule has 4 nitrogen and oxygen atoms in total. The highest BCUT2D eigenvalue weighted by molar-refractivity contribution is 6.04. The van der Waals surface area contributed by atoms with Crippen molar-refractivity contribution in [2.45, 2.75) is 25.4 Å². The number of nitrogens with zero attached hydrogens (tertiary/aromatic N) is 1. The summed E-state index contributed by atoms with van der Waals surface area (Å²) in [6.45, 7) is 1.97. The average Bonchev–Trinajstić information content (AvgIpc) is 2.83. The van der Waals surface area contributed by atoms with Gasteiger partial charge in [-0.3, -0.25) is 10.1 Å². The molecule has 112 valence electrons. The number of hydrogen-bond acceptors (Lipinski definition) is 2. The first kappa shape index (κ1) is 14.3. The summed E-state index contributed by atoms with van der Waals surface area (Å²) in [5, 5.41) is 2.43. The van der Waals surface area contributed by atoms with Crippen LogP contribution in [0.25, 0.3) is 0 Å². The Balaban J connectivity index is 1.86. The zero-order valence-electron chi connectivity index (χ0n) is 12.4.